The van der Waals surface area contributed by atoms with Crippen molar-refractivity contribution < 1.29 is 9.59 Å². The van der Waals surface area contributed by atoms with Gasteiger partial charge in [0.25, 0.3) is 0 Å². The van der Waals surface area contributed by atoms with Crippen LogP contribution in [0.4, 0.5) is 4.79 Å². The zero-order chi connectivity index (χ0) is 20.6. The van der Waals surface area contributed by atoms with E-state index in [1.807, 2.05) is 56.0 Å². The van der Waals surface area contributed by atoms with Crippen molar-refractivity contribution in [2.24, 2.45) is 0 Å². The predicted octanol–water partition coefficient (Wildman–Crippen LogP) is 1.96. The van der Waals surface area contributed by atoms with Crippen LogP contribution >= 0.6 is 0 Å². The predicted molar refractivity (Wildman–Crippen MR) is 109 cm³/mol. The molecular formula is C21H28N6O2. The first-order valence-corrected chi connectivity index (χ1v) is 10.1. The highest BCUT2D eigenvalue weighted by Gasteiger charge is 2.41. The Morgan fingerprint density at radius 1 is 1.17 bits per heavy atom. The maximum Gasteiger partial charge on any atom is 0.317 e. The monoisotopic (exact) mass is 396 g/mol. The third kappa shape index (κ3) is 4.26. The quantitative estimate of drug-likeness (QED) is 0.771. The van der Waals surface area contributed by atoms with Crippen molar-refractivity contribution in [3.63, 3.8) is 0 Å². The molecule has 1 saturated heterocycles. The van der Waals surface area contributed by atoms with E-state index in [9.17, 15) is 9.59 Å². The minimum atomic E-state index is -0.384. The van der Waals surface area contributed by atoms with E-state index in [1.54, 1.807) is 4.68 Å². The molecule has 29 heavy (non-hydrogen) atoms. The highest BCUT2D eigenvalue weighted by Crippen LogP contribution is 2.29. The van der Waals surface area contributed by atoms with Crippen molar-refractivity contribution in [3.05, 3.63) is 36.2 Å². The highest BCUT2D eigenvalue weighted by atomic mass is 16.2. The topological polar surface area (TPSA) is 92.2 Å². The molecule has 8 nitrogen and oxygen atoms in total. The van der Waals surface area contributed by atoms with E-state index in [4.69, 9.17) is 4.98 Å². The van der Waals surface area contributed by atoms with Crippen LogP contribution in [0.1, 0.15) is 39.4 Å². The smallest absolute Gasteiger partial charge is 0.317 e. The maximum atomic E-state index is 12.6. The molecule has 3 amide bonds. The molecule has 2 aliphatic rings. The number of piperidine rings is 1. The first-order valence-electron chi connectivity index (χ1n) is 10.1. The minimum Gasteiger partial charge on any atom is -0.348 e. The fourth-order valence-electron chi connectivity index (χ4n) is 4.00. The molecule has 1 aromatic heterocycles. The largest absolute Gasteiger partial charge is 0.348 e. The molecule has 0 saturated carbocycles. The summed E-state index contributed by atoms with van der Waals surface area (Å²) in [6.45, 7) is 7.28. The fourth-order valence-corrected chi connectivity index (χ4v) is 4.00. The van der Waals surface area contributed by atoms with Crippen molar-refractivity contribution in [1.82, 2.24) is 30.3 Å². The molecule has 8 heteroatoms. The van der Waals surface area contributed by atoms with Gasteiger partial charge in [0.05, 0.1) is 5.54 Å². The second-order valence-corrected chi connectivity index (χ2v) is 9.05. The molecule has 3 heterocycles. The Morgan fingerprint density at radius 2 is 1.86 bits per heavy atom. The Kier molecular flexibility index (Phi) is 4.80. The number of fused-ring (bicyclic) bond motifs is 1. The summed E-state index contributed by atoms with van der Waals surface area (Å²) in [5, 5.41) is 10.8. The Labute approximate surface area is 170 Å². The highest BCUT2D eigenvalue weighted by molar-refractivity contribution is 5.78. The van der Waals surface area contributed by atoms with Crippen molar-refractivity contribution in [2.75, 3.05) is 13.1 Å². The van der Waals surface area contributed by atoms with E-state index < -0.39 is 0 Å². The summed E-state index contributed by atoms with van der Waals surface area (Å²) in [4.78, 5) is 31.6. The zero-order valence-electron chi connectivity index (χ0n) is 17.2. The minimum absolute atomic E-state index is 0.0539. The van der Waals surface area contributed by atoms with Gasteiger partial charge in [-0.3, -0.25) is 4.79 Å². The lowest BCUT2D eigenvalue weighted by molar-refractivity contribution is -0.123. The molecule has 2 aliphatic heterocycles. The number of likely N-dealkylation sites (tertiary alicyclic amines) is 1. The molecule has 0 radical (unpaired) electrons. The normalized spacial score (nSPS) is 18.7. The number of benzene rings is 1. The van der Waals surface area contributed by atoms with E-state index in [0.29, 0.717) is 38.2 Å². The van der Waals surface area contributed by atoms with Crippen LogP contribution in [0.15, 0.2) is 30.3 Å². The molecule has 0 atom stereocenters. The van der Waals surface area contributed by atoms with Crippen LogP contribution in [0, 0.1) is 0 Å². The summed E-state index contributed by atoms with van der Waals surface area (Å²) in [5.74, 6) is 1.41. The summed E-state index contributed by atoms with van der Waals surface area (Å²) in [6.07, 6.45) is 2.01. The molecule has 0 bridgehead atoms. The van der Waals surface area contributed by atoms with Crippen LogP contribution in [0.3, 0.4) is 0 Å². The van der Waals surface area contributed by atoms with Crippen LogP contribution < -0.4 is 10.6 Å². The Morgan fingerprint density at radius 3 is 2.52 bits per heavy atom. The lowest BCUT2D eigenvalue weighted by Crippen LogP contribution is -2.59. The number of carbonyl (C=O) groups is 2. The van der Waals surface area contributed by atoms with Gasteiger partial charge in [-0.2, -0.15) is 5.10 Å². The van der Waals surface area contributed by atoms with Crippen LogP contribution in [-0.4, -0.2) is 55.8 Å². The average Bonchev–Trinajstić information content (AvgIpc) is 2.98. The van der Waals surface area contributed by atoms with Gasteiger partial charge in [-0.1, -0.05) is 30.3 Å². The van der Waals surface area contributed by atoms with E-state index in [0.717, 1.165) is 11.4 Å². The summed E-state index contributed by atoms with van der Waals surface area (Å²) < 4.78 is 1.71. The second-order valence-electron chi connectivity index (χ2n) is 9.05. The van der Waals surface area contributed by atoms with Gasteiger partial charge in [-0.25, -0.2) is 14.5 Å². The van der Waals surface area contributed by atoms with Crippen LogP contribution in [0.2, 0.25) is 0 Å². The van der Waals surface area contributed by atoms with Crippen molar-refractivity contribution in [3.8, 4) is 11.4 Å². The van der Waals surface area contributed by atoms with Gasteiger partial charge < -0.3 is 15.5 Å². The number of amides is 3. The van der Waals surface area contributed by atoms with Crippen molar-refractivity contribution >= 4 is 11.9 Å². The Hall–Kier alpha value is -2.90. The number of aromatic nitrogens is 3. The number of urea groups is 1. The van der Waals surface area contributed by atoms with Gasteiger partial charge in [0, 0.05) is 30.6 Å². The molecule has 1 spiro atoms. The second kappa shape index (κ2) is 7.17. The lowest BCUT2D eigenvalue weighted by atomic mass is 9.84. The first kappa shape index (κ1) is 19.4. The third-order valence-corrected chi connectivity index (χ3v) is 5.46. The van der Waals surface area contributed by atoms with Crippen molar-refractivity contribution in [2.45, 2.75) is 57.7 Å². The number of hydrogen-bond acceptors (Lipinski definition) is 4. The van der Waals surface area contributed by atoms with Gasteiger partial charge in [0.1, 0.15) is 12.4 Å². The van der Waals surface area contributed by atoms with E-state index in [2.05, 4.69) is 15.7 Å². The fraction of sp³-hybridized carbons (Fsp3) is 0.524. The van der Waals surface area contributed by atoms with Crippen LogP contribution in [-0.2, 0) is 17.8 Å². The van der Waals surface area contributed by atoms with Gasteiger partial charge in [-0.05, 0) is 33.6 Å². The molecule has 4 rings (SSSR count). The number of hydrogen-bond donors (Lipinski definition) is 2. The SMILES string of the molecule is CC(C)(C)NC(=O)N1CCC2(CC1)Cc1nc(-c3ccccc3)nn1CC(=O)N2. The third-order valence-electron chi connectivity index (χ3n) is 5.46. The summed E-state index contributed by atoms with van der Waals surface area (Å²) in [5.41, 5.74) is 0.286. The van der Waals surface area contributed by atoms with Gasteiger partial charge in [-0.15, -0.1) is 0 Å². The molecule has 1 aromatic carbocycles. The van der Waals surface area contributed by atoms with Gasteiger partial charge >= 0.3 is 6.03 Å². The number of nitrogens with zero attached hydrogens (tertiary/aromatic N) is 4. The van der Waals surface area contributed by atoms with E-state index in [1.165, 1.54) is 0 Å². The summed E-state index contributed by atoms with van der Waals surface area (Å²) in [6, 6.07) is 9.75. The van der Waals surface area contributed by atoms with Crippen molar-refractivity contribution in [1.29, 1.82) is 0 Å². The standard InChI is InChI=1S/C21H28N6O2/c1-20(2,3)24-19(29)26-11-9-21(10-12-26)13-16-22-18(15-7-5-4-6-8-15)25-27(16)14-17(28)23-21/h4-8H,9-14H2,1-3H3,(H,23,28)(H,24,29). The maximum absolute atomic E-state index is 12.6. The summed E-state index contributed by atoms with van der Waals surface area (Å²) >= 11 is 0. The van der Waals surface area contributed by atoms with E-state index >= 15 is 0 Å². The van der Waals surface area contributed by atoms with Crippen LogP contribution in [0.25, 0.3) is 11.4 Å². The zero-order valence-corrected chi connectivity index (χ0v) is 17.2. The Balaban J connectivity index is 1.51. The first-order chi connectivity index (χ1) is 13.7. The number of nitrogens with one attached hydrogen (secondary N) is 2. The molecule has 1 fully saturated rings. The van der Waals surface area contributed by atoms with Crippen LogP contribution in [0.5, 0.6) is 0 Å². The molecule has 0 unspecified atom stereocenters. The molecule has 154 valence electrons. The number of carbonyl (C=O) groups excluding carboxylic acids is 2. The number of rotatable bonds is 1. The Bertz CT molecular complexity index is 907. The molecule has 0 aliphatic carbocycles. The van der Waals surface area contributed by atoms with Gasteiger partial charge in [0.2, 0.25) is 5.91 Å². The van der Waals surface area contributed by atoms with Gasteiger partial charge in [0.15, 0.2) is 5.82 Å². The molecule has 2 aromatic rings. The lowest BCUT2D eigenvalue weighted by Gasteiger charge is -2.42. The van der Waals surface area contributed by atoms with E-state index in [-0.39, 0.29) is 29.6 Å². The summed E-state index contributed by atoms with van der Waals surface area (Å²) in [7, 11) is 0. The average molecular weight is 396 g/mol. The molecular weight excluding hydrogens is 368 g/mol. The molecule has 2 N–H and O–H groups in total.